The zero-order valence-electron chi connectivity index (χ0n) is 15.0. The Bertz CT molecular complexity index is 1100. The van der Waals surface area contributed by atoms with Gasteiger partial charge in [-0.1, -0.05) is 24.8 Å². The van der Waals surface area contributed by atoms with Crippen LogP contribution in [0.2, 0.25) is 0 Å². The van der Waals surface area contributed by atoms with Crippen molar-refractivity contribution in [3.63, 3.8) is 0 Å². The molecule has 2 heterocycles. The van der Waals surface area contributed by atoms with Gasteiger partial charge in [-0.15, -0.1) is 0 Å². The monoisotopic (exact) mass is 442 g/mol. The maximum Gasteiger partial charge on any atom is 0.411 e. The van der Waals surface area contributed by atoms with Crippen molar-refractivity contribution < 1.29 is 50.2 Å². The number of halogens is 6. The molecule has 2 aliphatic heterocycles. The smallest absolute Gasteiger partial charge is 0.411 e. The summed E-state index contributed by atoms with van der Waals surface area (Å²) in [7, 11) is 0. The number of benzene rings is 2. The number of carbonyl (C=O) groups is 3. The number of ether oxygens (including phenoxy) is 2. The van der Waals surface area contributed by atoms with Gasteiger partial charge in [0, 0.05) is 5.56 Å². The van der Waals surface area contributed by atoms with E-state index in [1.165, 1.54) is 0 Å². The van der Waals surface area contributed by atoms with Gasteiger partial charge in [-0.2, -0.15) is 26.3 Å². The lowest BCUT2D eigenvalue weighted by Crippen LogP contribution is -2.55. The van der Waals surface area contributed by atoms with E-state index < -0.39 is 63.5 Å². The summed E-state index contributed by atoms with van der Waals surface area (Å²) >= 11 is 0. The van der Waals surface area contributed by atoms with Crippen LogP contribution in [0.4, 0.5) is 26.3 Å². The summed E-state index contributed by atoms with van der Waals surface area (Å²) < 4.78 is 94.5. The maximum atomic E-state index is 14.3. The Morgan fingerprint density at radius 3 is 1.55 bits per heavy atom. The summed E-state index contributed by atoms with van der Waals surface area (Å²) in [6.45, 7) is 3.38. The first-order chi connectivity index (χ1) is 14.3. The Hall–Kier alpha value is -3.63. The lowest BCUT2D eigenvalue weighted by atomic mass is 9.71. The number of hydrogen-bond donors (Lipinski definition) is 0. The van der Waals surface area contributed by atoms with Gasteiger partial charge in [0.1, 0.15) is 5.76 Å². The molecule has 0 saturated heterocycles. The van der Waals surface area contributed by atoms with Crippen molar-refractivity contribution in [2.75, 3.05) is 0 Å². The molecule has 0 aromatic heterocycles. The van der Waals surface area contributed by atoms with Crippen LogP contribution in [0.25, 0.3) is 5.76 Å². The van der Waals surface area contributed by atoms with Crippen LogP contribution in [-0.4, -0.2) is 30.3 Å². The van der Waals surface area contributed by atoms with Crippen molar-refractivity contribution in [2.24, 2.45) is 0 Å². The zero-order chi connectivity index (χ0) is 22.9. The van der Waals surface area contributed by atoms with E-state index in [0.29, 0.717) is 30.3 Å². The predicted octanol–water partition coefficient (Wildman–Crippen LogP) is 4.55. The van der Waals surface area contributed by atoms with Gasteiger partial charge in [0.25, 0.3) is 0 Å². The summed E-state index contributed by atoms with van der Waals surface area (Å²) in [6, 6.07) is 3.30. The highest BCUT2D eigenvalue weighted by Crippen LogP contribution is 2.57. The fraction of sp³-hybridized carbons (Fsp3) is 0.150. The van der Waals surface area contributed by atoms with Crippen molar-refractivity contribution in [3.05, 3.63) is 76.4 Å². The molecule has 0 unspecified atom stereocenters. The second-order valence-electron chi connectivity index (χ2n) is 6.76. The maximum absolute atomic E-state index is 14.3. The van der Waals surface area contributed by atoms with Gasteiger partial charge in [-0.3, -0.25) is 0 Å². The van der Waals surface area contributed by atoms with E-state index in [1.54, 1.807) is 0 Å². The minimum Gasteiger partial charge on any atom is -0.423 e. The Labute approximate surface area is 168 Å². The van der Waals surface area contributed by atoms with E-state index in [1.807, 2.05) is 0 Å². The molecule has 0 amide bonds. The molecule has 0 aliphatic carbocycles. The van der Waals surface area contributed by atoms with Gasteiger partial charge < -0.3 is 9.47 Å². The summed E-state index contributed by atoms with van der Waals surface area (Å²) in [4.78, 5) is 35.2. The highest BCUT2D eigenvalue weighted by atomic mass is 19.4. The van der Waals surface area contributed by atoms with Crippen LogP contribution in [0.15, 0.2) is 43.0 Å². The van der Waals surface area contributed by atoms with Crippen molar-refractivity contribution in [1.82, 2.24) is 0 Å². The minimum atomic E-state index is -5.96. The molecule has 0 atom stereocenters. The first-order valence-electron chi connectivity index (χ1n) is 8.39. The molecule has 0 saturated carbocycles. The van der Waals surface area contributed by atoms with Crippen LogP contribution in [0.3, 0.4) is 0 Å². The normalized spacial score (nSPS) is 16.2. The van der Waals surface area contributed by atoms with Gasteiger partial charge in [0.2, 0.25) is 5.41 Å². The molecule has 0 fully saturated rings. The number of alkyl halides is 6. The molecule has 0 radical (unpaired) electrons. The lowest BCUT2D eigenvalue weighted by molar-refractivity contribution is -0.288. The zero-order valence-corrected chi connectivity index (χ0v) is 15.0. The summed E-state index contributed by atoms with van der Waals surface area (Å²) in [6.07, 6.45) is -11.9. The summed E-state index contributed by atoms with van der Waals surface area (Å²) in [5.74, 6) is -3.91. The molecule has 0 bridgehead atoms. The fourth-order valence-corrected chi connectivity index (χ4v) is 3.71. The number of esters is 3. The van der Waals surface area contributed by atoms with Crippen LogP contribution in [0, 0.1) is 0 Å². The third-order valence-corrected chi connectivity index (χ3v) is 5.12. The van der Waals surface area contributed by atoms with E-state index in [0.717, 1.165) is 6.07 Å². The average Bonchev–Trinajstić information content (AvgIpc) is 3.09. The van der Waals surface area contributed by atoms with Crippen molar-refractivity contribution in [2.45, 2.75) is 17.8 Å². The van der Waals surface area contributed by atoms with Gasteiger partial charge in [0.15, 0.2) is 0 Å². The van der Waals surface area contributed by atoms with Gasteiger partial charge in [-0.05, 0) is 29.3 Å². The van der Waals surface area contributed by atoms with Crippen molar-refractivity contribution in [3.8, 4) is 0 Å². The molecule has 160 valence electrons. The van der Waals surface area contributed by atoms with Gasteiger partial charge >= 0.3 is 30.3 Å². The number of carbonyl (C=O) groups excluding carboxylic acids is 3. The third-order valence-electron chi connectivity index (χ3n) is 5.12. The Balaban J connectivity index is 2.06. The number of hydrogen-bond acceptors (Lipinski definition) is 5. The molecule has 2 aliphatic rings. The molecule has 31 heavy (non-hydrogen) atoms. The largest absolute Gasteiger partial charge is 0.423 e. The highest BCUT2D eigenvalue weighted by molar-refractivity contribution is 6.14. The van der Waals surface area contributed by atoms with Crippen LogP contribution in [0.1, 0.15) is 47.8 Å². The molecule has 5 nitrogen and oxygen atoms in total. The topological polar surface area (TPSA) is 69.7 Å². The van der Waals surface area contributed by atoms with Gasteiger partial charge in [0.05, 0.1) is 16.7 Å². The van der Waals surface area contributed by atoms with Crippen LogP contribution >= 0.6 is 0 Å². The Morgan fingerprint density at radius 1 is 0.613 bits per heavy atom. The van der Waals surface area contributed by atoms with Crippen LogP contribution in [-0.2, 0) is 14.9 Å². The first-order valence-corrected chi connectivity index (χ1v) is 8.39. The lowest BCUT2D eigenvalue weighted by Gasteiger charge is -2.38. The molecule has 11 heteroatoms. The predicted molar refractivity (Wildman–Crippen MR) is 90.0 cm³/mol. The van der Waals surface area contributed by atoms with E-state index in [9.17, 15) is 40.7 Å². The van der Waals surface area contributed by atoms with E-state index >= 15 is 0 Å². The van der Waals surface area contributed by atoms with Crippen LogP contribution < -0.4 is 0 Å². The van der Waals surface area contributed by atoms with Crippen molar-refractivity contribution >= 4 is 23.7 Å². The van der Waals surface area contributed by atoms with E-state index in [-0.39, 0.29) is 11.3 Å². The number of cyclic esters (lactones) is 3. The standard InChI is InChI=1S/C20H8F6O5/c1-8-11-4-2-9(6-13(11)16(28)30-8)18(19(21,22)23,20(24,25)26)10-3-5-12-14(7-10)17(29)31-15(12)27/h2-7H,1H2. The molecular formula is C20H8F6O5. The molecule has 0 spiro atoms. The second-order valence-corrected chi connectivity index (χ2v) is 6.76. The Morgan fingerprint density at radius 2 is 1.03 bits per heavy atom. The van der Waals surface area contributed by atoms with Crippen molar-refractivity contribution in [1.29, 1.82) is 0 Å². The summed E-state index contributed by atoms with van der Waals surface area (Å²) in [5, 5.41) is 0. The van der Waals surface area contributed by atoms with E-state index in [2.05, 4.69) is 16.1 Å². The Kier molecular flexibility index (Phi) is 4.12. The third kappa shape index (κ3) is 2.69. The summed E-state index contributed by atoms with van der Waals surface area (Å²) in [5.41, 5.74) is -9.07. The minimum absolute atomic E-state index is 0.0462. The average molecular weight is 442 g/mol. The molecule has 0 N–H and O–H groups in total. The molecule has 4 rings (SSSR count). The van der Waals surface area contributed by atoms with Gasteiger partial charge in [-0.25, -0.2) is 14.4 Å². The number of rotatable bonds is 2. The first kappa shape index (κ1) is 20.6. The molecule has 2 aromatic carbocycles. The molecular weight excluding hydrogens is 434 g/mol. The second kappa shape index (κ2) is 6.19. The fourth-order valence-electron chi connectivity index (χ4n) is 3.71. The number of fused-ring (bicyclic) bond motifs is 2. The molecule has 2 aromatic rings. The van der Waals surface area contributed by atoms with E-state index in [4.69, 9.17) is 0 Å². The van der Waals surface area contributed by atoms with Crippen LogP contribution in [0.5, 0.6) is 0 Å². The quantitative estimate of drug-likeness (QED) is 0.388. The SMILES string of the molecule is C=C1OC(=O)c2cc(C(c3ccc4c(c3)C(=O)OC4=O)(C(F)(F)F)C(F)(F)F)ccc21. The highest BCUT2D eigenvalue weighted by Gasteiger charge is 2.72.